The Morgan fingerprint density at radius 3 is 2.68 bits per heavy atom. The molecule has 0 radical (unpaired) electrons. The molecule has 0 unspecified atom stereocenters. The Morgan fingerprint density at radius 2 is 1.92 bits per heavy atom. The Labute approximate surface area is 217 Å². The third-order valence-electron chi connectivity index (χ3n) is 7.17. The third kappa shape index (κ3) is 6.15. The Balaban J connectivity index is 1.34. The smallest absolute Gasteiger partial charge is 0.217 e. The van der Waals surface area contributed by atoms with E-state index in [1.54, 1.807) is 6.20 Å². The number of unbranched alkanes of at least 4 members (excludes halogenated alkanes) is 2. The summed E-state index contributed by atoms with van der Waals surface area (Å²) >= 11 is 0. The van der Waals surface area contributed by atoms with Gasteiger partial charge in [0.25, 0.3) is 0 Å². The van der Waals surface area contributed by atoms with E-state index >= 15 is 0 Å². The van der Waals surface area contributed by atoms with Crippen LogP contribution in [-0.4, -0.2) is 46.2 Å². The molecule has 37 heavy (non-hydrogen) atoms. The molecule has 3 aromatic heterocycles. The maximum absolute atomic E-state index is 13.0. The fourth-order valence-electron chi connectivity index (χ4n) is 5.12. The van der Waals surface area contributed by atoms with Gasteiger partial charge < -0.3 is 0 Å². The first-order valence-corrected chi connectivity index (χ1v) is 13.5. The molecule has 9 nitrogen and oxygen atoms in total. The van der Waals surface area contributed by atoms with Gasteiger partial charge in [0.15, 0.2) is 5.82 Å². The highest BCUT2D eigenvalue weighted by molar-refractivity contribution is 5.92. The minimum Gasteiger partial charge on any atom is -0.291 e. The molecule has 1 N–H and O–H groups in total. The predicted octanol–water partition coefficient (Wildman–Crippen LogP) is 5.45. The molecule has 0 amide bonds. The topological polar surface area (TPSA) is 115 Å². The summed E-state index contributed by atoms with van der Waals surface area (Å²) in [5.74, 6) is 2.43. The number of carbonyl (C=O) groups is 1. The number of hydrogen-bond acceptors (Lipinski definition) is 7. The molecule has 1 saturated carbocycles. The van der Waals surface area contributed by atoms with Crippen LogP contribution in [-0.2, 0) is 13.0 Å². The first-order valence-electron chi connectivity index (χ1n) is 13.5. The van der Waals surface area contributed by atoms with Crippen molar-refractivity contribution in [2.24, 2.45) is 5.92 Å². The van der Waals surface area contributed by atoms with Crippen molar-refractivity contribution in [1.29, 1.82) is 0 Å². The van der Waals surface area contributed by atoms with Gasteiger partial charge in [-0.3, -0.25) is 9.78 Å². The Bertz CT molecular complexity index is 1290. The van der Waals surface area contributed by atoms with E-state index < -0.39 is 0 Å². The first-order chi connectivity index (χ1) is 18.2. The van der Waals surface area contributed by atoms with Crippen LogP contribution < -0.4 is 0 Å². The molecule has 0 aliphatic heterocycles. The second-order valence-corrected chi connectivity index (χ2v) is 9.94. The molecule has 0 saturated heterocycles. The zero-order valence-corrected chi connectivity index (χ0v) is 21.4. The lowest BCUT2D eigenvalue weighted by Crippen LogP contribution is -2.13. The molecule has 0 spiro atoms. The van der Waals surface area contributed by atoms with Crippen molar-refractivity contribution < 1.29 is 4.79 Å². The van der Waals surface area contributed by atoms with Gasteiger partial charge in [0, 0.05) is 30.2 Å². The minimum atomic E-state index is 0.0855. The number of tetrazole rings is 1. The van der Waals surface area contributed by atoms with Crippen molar-refractivity contribution in [3.63, 3.8) is 0 Å². The van der Waals surface area contributed by atoms with Crippen LogP contribution in [0.1, 0.15) is 86.7 Å². The van der Waals surface area contributed by atoms with Gasteiger partial charge in [0.05, 0.1) is 12.2 Å². The van der Waals surface area contributed by atoms with E-state index in [2.05, 4.69) is 44.7 Å². The van der Waals surface area contributed by atoms with Crippen LogP contribution in [0.5, 0.6) is 0 Å². The first kappa shape index (κ1) is 24.9. The van der Waals surface area contributed by atoms with Gasteiger partial charge in [-0.25, -0.2) is 14.8 Å². The van der Waals surface area contributed by atoms with Crippen LogP contribution in [0, 0.1) is 5.92 Å². The molecule has 1 aliphatic carbocycles. The highest BCUT2D eigenvalue weighted by Gasteiger charge is 2.22. The monoisotopic (exact) mass is 498 g/mol. The number of pyridine rings is 1. The van der Waals surface area contributed by atoms with E-state index in [-0.39, 0.29) is 5.78 Å². The SMILES string of the molecule is CCCCCc1nc(C(=O)CC2CCCCC2)nn1Cc1ccc(-c2ncccc2-c2nnn[nH]2)cc1. The number of carbonyl (C=O) groups excluding carboxylic acids is 1. The lowest BCUT2D eigenvalue weighted by Gasteiger charge is -2.19. The maximum atomic E-state index is 13.0. The summed E-state index contributed by atoms with van der Waals surface area (Å²) in [6.07, 6.45) is 12.5. The van der Waals surface area contributed by atoms with Crippen molar-refractivity contribution in [2.75, 3.05) is 0 Å². The van der Waals surface area contributed by atoms with E-state index in [0.29, 0.717) is 30.5 Å². The molecule has 192 valence electrons. The molecule has 9 heteroatoms. The molecular weight excluding hydrogens is 464 g/mol. The summed E-state index contributed by atoms with van der Waals surface area (Å²) in [7, 11) is 0. The zero-order chi connectivity index (χ0) is 25.5. The number of H-pyrrole nitrogens is 1. The van der Waals surface area contributed by atoms with Crippen LogP contribution in [0.2, 0.25) is 0 Å². The van der Waals surface area contributed by atoms with Crippen LogP contribution in [0.3, 0.4) is 0 Å². The minimum absolute atomic E-state index is 0.0855. The average Bonchev–Trinajstić information content (AvgIpc) is 3.61. The molecule has 1 aliphatic rings. The van der Waals surface area contributed by atoms with Crippen molar-refractivity contribution in [2.45, 2.75) is 77.7 Å². The molecule has 3 heterocycles. The van der Waals surface area contributed by atoms with E-state index in [1.165, 1.54) is 19.3 Å². The van der Waals surface area contributed by atoms with Gasteiger partial charge in [0.2, 0.25) is 11.6 Å². The Hall–Kier alpha value is -3.75. The van der Waals surface area contributed by atoms with Gasteiger partial charge in [0.1, 0.15) is 5.82 Å². The standard InChI is InChI=1S/C28H34N8O/c1-2-3-5-12-25-30-28(24(37)18-20-9-6-4-7-10-20)33-36(25)19-21-13-15-22(16-14-21)26-23(11-8-17-29-26)27-31-34-35-32-27/h8,11,13-17,20H,2-7,9-10,12,18-19H2,1H3,(H,31,32,34,35). The molecule has 1 aromatic carbocycles. The molecule has 0 atom stereocenters. The third-order valence-corrected chi connectivity index (χ3v) is 7.17. The Morgan fingerprint density at radius 1 is 1.08 bits per heavy atom. The summed E-state index contributed by atoms with van der Waals surface area (Å²) in [6.45, 7) is 2.77. The summed E-state index contributed by atoms with van der Waals surface area (Å²) < 4.78 is 1.92. The summed E-state index contributed by atoms with van der Waals surface area (Å²) in [5.41, 5.74) is 3.72. The van der Waals surface area contributed by atoms with E-state index in [9.17, 15) is 4.79 Å². The van der Waals surface area contributed by atoms with Crippen molar-refractivity contribution >= 4 is 5.78 Å². The van der Waals surface area contributed by atoms with Gasteiger partial charge in [-0.15, -0.1) is 10.2 Å². The van der Waals surface area contributed by atoms with Gasteiger partial charge in [-0.1, -0.05) is 76.1 Å². The van der Waals surface area contributed by atoms with Gasteiger partial charge >= 0.3 is 0 Å². The molecule has 5 rings (SSSR count). The van der Waals surface area contributed by atoms with Crippen molar-refractivity contribution in [3.8, 4) is 22.6 Å². The fraction of sp³-hybridized carbons (Fsp3) is 0.464. The number of benzene rings is 1. The highest BCUT2D eigenvalue weighted by Crippen LogP contribution is 2.29. The number of aromatic nitrogens is 8. The maximum Gasteiger partial charge on any atom is 0.217 e. The van der Waals surface area contributed by atoms with E-state index in [4.69, 9.17) is 10.1 Å². The Kier molecular flexibility index (Phi) is 8.08. The summed E-state index contributed by atoms with van der Waals surface area (Å²) in [5, 5.41) is 18.9. The number of nitrogens with one attached hydrogen (secondary N) is 1. The van der Waals surface area contributed by atoms with Gasteiger partial charge in [-0.2, -0.15) is 0 Å². The lowest BCUT2D eigenvalue weighted by molar-refractivity contribution is 0.0939. The van der Waals surface area contributed by atoms with Crippen LogP contribution in [0.15, 0.2) is 42.6 Å². The normalized spacial score (nSPS) is 14.2. The number of nitrogens with zero attached hydrogens (tertiary/aromatic N) is 7. The van der Waals surface area contributed by atoms with E-state index in [1.807, 2.05) is 28.9 Å². The molecule has 4 aromatic rings. The zero-order valence-electron chi connectivity index (χ0n) is 21.4. The predicted molar refractivity (Wildman–Crippen MR) is 141 cm³/mol. The van der Waals surface area contributed by atoms with Crippen LogP contribution in [0.4, 0.5) is 0 Å². The number of aryl methyl sites for hydroxylation is 1. The molecule has 0 bridgehead atoms. The lowest BCUT2D eigenvalue weighted by atomic mass is 9.86. The quantitative estimate of drug-likeness (QED) is 0.216. The number of rotatable bonds is 11. The number of hydrogen-bond donors (Lipinski definition) is 1. The fourth-order valence-corrected chi connectivity index (χ4v) is 5.12. The largest absolute Gasteiger partial charge is 0.291 e. The average molecular weight is 499 g/mol. The number of aromatic amines is 1. The molecular formula is C28H34N8O. The highest BCUT2D eigenvalue weighted by atomic mass is 16.1. The summed E-state index contributed by atoms with van der Waals surface area (Å²) in [6, 6.07) is 12.1. The number of Topliss-reactive ketones (excluding diaryl/α,β-unsaturated/α-hetero) is 1. The summed E-state index contributed by atoms with van der Waals surface area (Å²) in [4.78, 5) is 22.3. The van der Waals surface area contributed by atoms with Crippen molar-refractivity contribution in [3.05, 3.63) is 59.8 Å². The van der Waals surface area contributed by atoms with Crippen LogP contribution >= 0.6 is 0 Å². The van der Waals surface area contributed by atoms with Crippen molar-refractivity contribution in [1.82, 2.24) is 40.4 Å². The second kappa shape index (κ2) is 12.0. The second-order valence-electron chi connectivity index (χ2n) is 9.94. The van der Waals surface area contributed by atoms with Gasteiger partial charge in [-0.05, 0) is 40.5 Å². The van der Waals surface area contributed by atoms with Crippen LogP contribution in [0.25, 0.3) is 22.6 Å². The molecule has 1 fully saturated rings. The number of ketones is 1. The van der Waals surface area contributed by atoms with E-state index in [0.717, 1.165) is 66.7 Å².